The Balaban J connectivity index is 1.49. The van der Waals surface area contributed by atoms with Crippen molar-refractivity contribution in [3.8, 4) is 5.75 Å². The molecule has 0 aliphatic carbocycles. The first-order chi connectivity index (χ1) is 23.4. The van der Waals surface area contributed by atoms with Crippen LogP contribution < -0.4 is 0 Å². The summed E-state index contributed by atoms with van der Waals surface area (Å²) >= 11 is 0. The van der Waals surface area contributed by atoms with Crippen LogP contribution in [0.1, 0.15) is 100 Å². The van der Waals surface area contributed by atoms with Crippen molar-refractivity contribution in [2.24, 2.45) is 10.8 Å². The number of amides is 1. The molecule has 5 atom stereocenters. The molecule has 0 radical (unpaired) electrons. The van der Waals surface area contributed by atoms with Crippen molar-refractivity contribution in [3.05, 3.63) is 69.8 Å². The number of aliphatic hydroxyl groups excluding tert-OH is 4. The summed E-state index contributed by atoms with van der Waals surface area (Å²) in [7, 11) is 0. The summed E-state index contributed by atoms with van der Waals surface area (Å²) in [6.45, 7) is 19.2. The molecule has 2 fully saturated rings. The number of likely N-dealkylation sites (N-methyl/N-ethyl adjacent to an activating group) is 1. The van der Waals surface area contributed by atoms with Gasteiger partial charge in [-0.25, -0.2) is 0 Å². The third-order valence-corrected chi connectivity index (χ3v) is 10.6. The quantitative estimate of drug-likeness (QED) is 0.221. The number of Topliss-reactive ketones (excluding diaryl/α,β-unsaturated/α-hetero) is 1. The van der Waals surface area contributed by atoms with Gasteiger partial charge in [-0.3, -0.25) is 9.59 Å². The zero-order chi connectivity index (χ0) is 37.1. The number of carbonyl (C=O) groups is 2. The van der Waals surface area contributed by atoms with E-state index in [1.54, 1.807) is 12.1 Å². The van der Waals surface area contributed by atoms with Gasteiger partial charge in [-0.2, -0.15) is 0 Å². The molecule has 2 aliphatic rings. The molecule has 4 rings (SSSR count). The molecule has 0 unspecified atom stereocenters. The SMILES string of the molecule is CCN1CCN(C(=O)C(C)(C)CC(=O)C(C)(C)/C=C/c2ccc(Cc3cc([C@@H]4O[C@H](CO)[C@@H](O)[C@H](O)[C@H]4O)c(O)cc3C(C)C)c(C)c2)CC1. The first-order valence-corrected chi connectivity index (χ1v) is 17.9. The Morgan fingerprint density at radius 3 is 2.20 bits per heavy atom. The van der Waals surface area contributed by atoms with E-state index >= 15 is 0 Å². The number of phenolic OH excluding ortho intramolecular Hbond substituents is 1. The number of allylic oxidation sites excluding steroid dienone is 1. The molecule has 2 saturated heterocycles. The number of ketones is 1. The van der Waals surface area contributed by atoms with Crippen molar-refractivity contribution in [2.45, 2.75) is 105 Å². The van der Waals surface area contributed by atoms with Gasteiger partial charge in [-0.05, 0) is 79.6 Å². The van der Waals surface area contributed by atoms with Crippen LogP contribution in [0.3, 0.4) is 0 Å². The molecule has 10 nitrogen and oxygen atoms in total. The summed E-state index contributed by atoms with van der Waals surface area (Å²) in [6, 6.07) is 9.52. The number of aryl methyl sites for hydroxylation is 1. The Morgan fingerprint density at radius 1 is 0.960 bits per heavy atom. The molecular weight excluding hydrogens is 636 g/mol. The lowest BCUT2D eigenvalue weighted by molar-refractivity contribution is -0.232. The first kappa shape index (κ1) is 39.7. The van der Waals surface area contributed by atoms with Gasteiger partial charge in [0.25, 0.3) is 0 Å². The van der Waals surface area contributed by atoms with Gasteiger partial charge in [-0.15, -0.1) is 0 Å². The van der Waals surface area contributed by atoms with Crippen molar-refractivity contribution in [3.63, 3.8) is 0 Å². The topological polar surface area (TPSA) is 151 Å². The monoisotopic (exact) mass is 694 g/mol. The van der Waals surface area contributed by atoms with Crippen LogP contribution in [0.25, 0.3) is 6.08 Å². The van der Waals surface area contributed by atoms with Gasteiger partial charge in [0.15, 0.2) is 0 Å². The lowest BCUT2D eigenvalue weighted by Crippen LogP contribution is -2.55. The molecule has 2 aliphatic heterocycles. The zero-order valence-electron chi connectivity index (χ0n) is 31.0. The smallest absolute Gasteiger partial charge is 0.228 e. The van der Waals surface area contributed by atoms with E-state index in [2.05, 4.69) is 17.9 Å². The van der Waals surface area contributed by atoms with Crippen molar-refractivity contribution >= 4 is 17.8 Å². The standard InChI is InChI=1S/C40H58N2O8/c1-9-41-14-16-42(17-15-41)38(49)40(7,8)22-33(45)39(5,6)13-12-26-10-11-27(25(4)18-26)19-28-20-30(31(44)21-29(28)24(2)3)37-36(48)35(47)34(46)32(23-43)50-37/h10-13,18,20-21,24,32,34-37,43-44,46-48H,9,14-17,19,22-23H2,1-8H3/b13-12+/t32-,34-,35+,36-,37+/m1/s1. The fourth-order valence-corrected chi connectivity index (χ4v) is 6.97. The fraction of sp³-hybridized carbons (Fsp3) is 0.600. The molecule has 50 heavy (non-hydrogen) atoms. The third kappa shape index (κ3) is 8.84. The van der Waals surface area contributed by atoms with Crippen LogP contribution in [0.15, 0.2) is 36.4 Å². The van der Waals surface area contributed by atoms with Crippen LogP contribution in [0.5, 0.6) is 5.75 Å². The highest BCUT2D eigenvalue weighted by molar-refractivity contribution is 5.93. The average molecular weight is 695 g/mol. The van der Waals surface area contributed by atoms with Gasteiger partial charge < -0.3 is 40.1 Å². The predicted molar refractivity (Wildman–Crippen MR) is 194 cm³/mol. The van der Waals surface area contributed by atoms with Gasteiger partial charge in [0.05, 0.1) is 12.0 Å². The summed E-state index contributed by atoms with van der Waals surface area (Å²) in [5, 5.41) is 52.0. The Hall–Kier alpha value is -3.12. The first-order valence-electron chi connectivity index (χ1n) is 17.9. The largest absolute Gasteiger partial charge is 0.508 e. The van der Waals surface area contributed by atoms with Crippen molar-refractivity contribution in [2.75, 3.05) is 39.3 Å². The number of piperazine rings is 1. The highest BCUT2D eigenvalue weighted by atomic mass is 16.5. The van der Waals surface area contributed by atoms with E-state index in [-0.39, 0.29) is 35.3 Å². The van der Waals surface area contributed by atoms with E-state index in [4.69, 9.17) is 4.74 Å². The van der Waals surface area contributed by atoms with Gasteiger partial charge in [-0.1, -0.05) is 65.0 Å². The van der Waals surface area contributed by atoms with Crippen molar-refractivity contribution in [1.29, 1.82) is 0 Å². The second-order valence-electron chi connectivity index (χ2n) is 15.6. The van der Waals surface area contributed by atoms with E-state index < -0.39 is 48.0 Å². The van der Waals surface area contributed by atoms with E-state index in [1.807, 2.05) is 77.7 Å². The minimum Gasteiger partial charge on any atom is -0.508 e. The summed E-state index contributed by atoms with van der Waals surface area (Å²) in [4.78, 5) is 31.1. The maximum absolute atomic E-state index is 13.5. The maximum atomic E-state index is 13.5. The minimum atomic E-state index is -1.55. The molecule has 10 heteroatoms. The van der Waals surface area contributed by atoms with E-state index in [0.717, 1.165) is 47.5 Å². The van der Waals surface area contributed by atoms with Gasteiger partial charge in [0.2, 0.25) is 5.91 Å². The molecule has 2 heterocycles. The molecule has 2 aromatic carbocycles. The van der Waals surface area contributed by atoms with Crippen LogP contribution in [-0.2, 0) is 20.7 Å². The summed E-state index contributed by atoms with van der Waals surface area (Å²) in [5.41, 5.74) is 3.55. The Labute approximate surface area is 297 Å². The number of rotatable bonds is 12. The van der Waals surface area contributed by atoms with Crippen molar-refractivity contribution < 1.29 is 39.9 Å². The number of ether oxygens (including phenoxy) is 1. The molecule has 0 spiro atoms. The summed E-state index contributed by atoms with van der Waals surface area (Å²) in [5.74, 6) is 0.0193. The number of carbonyl (C=O) groups excluding carboxylic acids is 2. The number of hydrogen-bond donors (Lipinski definition) is 5. The van der Waals surface area contributed by atoms with Crippen LogP contribution in [-0.4, -0.2) is 111 Å². The van der Waals surface area contributed by atoms with Gasteiger partial charge in [0, 0.05) is 43.6 Å². The average Bonchev–Trinajstić information content (AvgIpc) is 3.07. The van der Waals surface area contributed by atoms with E-state index in [1.165, 1.54) is 0 Å². The number of phenols is 1. The van der Waals surface area contributed by atoms with E-state index in [9.17, 15) is 35.1 Å². The zero-order valence-corrected chi connectivity index (χ0v) is 31.0. The predicted octanol–water partition coefficient (Wildman–Crippen LogP) is 4.12. The second-order valence-corrected chi connectivity index (χ2v) is 15.6. The van der Waals surface area contributed by atoms with Crippen LogP contribution in [0, 0.1) is 17.8 Å². The molecule has 1 amide bonds. The van der Waals surface area contributed by atoms with Crippen LogP contribution >= 0.6 is 0 Å². The molecule has 0 saturated carbocycles. The number of nitrogens with zero attached hydrogens (tertiary/aromatic N) is 2. The third-order valence-electron chi connectivity index (χ3n) is 10.6. The Bertz CT molecular complexity index is 1540. The second kappa shape index (κ2) is 16.0. The van der Waals surface area contributed by atoms with Crippen molar-refractivity contribution in [1.82, 2.24) is 9.80 Å². The lowest BCUT2D eigenvalue weighted by Gasteiger charge is -2.40. The summed E-state index contributed by atoms with van der Waals surface area (Å²) < 4.78 is 5.76. The van der Waals surface area contributed by atoms with E-state index in [0.29, 0.717) is 19.5 Å². The minimum absolute atomic E-state index is 0.0105. The number of aromatic hydroxyl groups is 1. The number of benzene rings is 2. The highest BCUT2D eigenvalue weighted by Crippen LogP contribution is 2.40. The fourth-order valence-electron chi connectivity index (χ4n) is 6.97. The molecular formula is C40H58N2O8. The molecule has 5 N–H and O–H groups in total. The van der Waals surface area contributed by atoms with Gasteiger partial charge >= 0.3 is 0 Å². The maximum Gasteiger partial charge on any atom is 0.228 e. The molecule has 0 aromatic heterocycles. The van der Waals surface area contributed by atoms with Crippen LogP contribution in [0.4, 0.5) is 0 Å². The normalized spacial score (nSPS) is 23.9. The Kier molecular flexibility index (Phi) is 12.7. The number of aliphatic hydroxyl groups is 4. The summed E-state index contributed by atoms with van der Waals surface area (Å²) in [6.07, 6.45) is -2.25. The van der Waals surface area contributed by atoms with Crippen LogP contribution in [0.2, 0.25) is 0 Å². The Morgan fingerprint density at radius 2 is 1.62 bits per heavy atom. The molecule has 276 valence electrons. The lowest BCUT2D eigenvalue weighted by atomic mass is 9.76. The molecule has 2 aromatic rings. The number of hydrogen-bond acceptors (Lipinski definition) is 9. The van der Waals surface area contributed by atoms with Gasteiger partial charge in [0.1, 0.15) is 42.1 Å². The highest BCUT2D eigenvalue weighted by Gasteiger charge is 2.45. The molecule has 0 bridgehead atoms.